The number of benzene rings is 2. The van der Waals surface area contributed by atoms with Crippen molar-refractivity contribution in [3.8, 4) is 5.75 Å². The van der Waals surface area contributed by atoms with Crippen molar-refractivity contribution in [1.82, 2.24) is 10.4 Å². The number of anilines is 1. The minimum absolute atomic E-state index is 0.0488. The second-order valence-electron chi connectivity index (χ2n) is 6.60. The number of halogens is 3. The maximum absolute atomic E-state index is 13.0. The average molecular weight is 487 g/mol. The smallest absolute Gasteiger partial charge is 0.276 e. The summed E-state index contributed by atoms with van der Waals surface area (Å²) in [6, 6.07) is 10.1. The van der Waals surface area contributed by atoms with E-state index in [1.165, 1.54) is 11.1 Å². The normalized spacial score (nSPS) is 15.9. The Kier molecular flexibility index (Phi) is 6.37. The van der Waals surface area contributed by atoms with E-state index in [1.54, 1.807) is 18.2 Å². The van der Waals surface area contributed by atoms with Crippen LogP contribution in [0.25, 0.3) is 0 Å². The third kappa shape index (κ3) is 4.54. The van der Waals surface area contributed by atoms with E-state index in [9.17, 15) is 9.59 Å². The van der Waals surface area contributed by atoms with Gasteiger partial charge in [-0.15, -0.1) is 0 Å². The lowest BCUT2D eigenvalue weighted by Crippen LogP contribution is -2.59. The van der Waals surface area contributed by atoms with Crippen molar-refractivity contribution in [2.24, 2.45) is 5.92 Å². The SMILES string of the molecule is CC(C)C1Nc2ccc(Br)cc2C(=O)N1NC(=O)COc1ccc(Cl)cc1Cl. The van der Waals surface area contributed by atoms with Crippen molar-refractivity contribution in [1.29, 1.82) is 0 Å². The molecular weight excluding hydrogens is 469 g/mol. The van der Waals surface area contributed by atoms with Crippen LogP contribution in [-0.4, -0.2) is 29.6 Å². The molecule has 2 N–H and O–H groups in total. The summed E-state index contributed by atoms with van der Waals surface area (Å²) in [5.74, 6) is -0.399. The third-order valence-corrected chi connectivity index (χ3v) is 5.17. The number of hydrogen-bond donors (Lipinski definition) is 2. The molecule has 0 fully saturated rings. The standard InChI is InChI=1S/C19H18BrCl2N3O3/c1-10(2)18-23-15-5-3-11(20)7-13(15)19(27)25(18)24-17(26)9-28-16-6-4-12(21)8-14(16)22/h3-8,10,18,23H,9H2,1-2H3,(H,24,26). The largest absolute Gasteiger partial charge is 0.482 e. The second-order valence-corrected chi connectivity index (χ2v) is 8.36. The quantitative estimate of drug-likeness (QED) is 0.641. The number of hydrazine groups is 1. The molecular formula is C19H18BrCl2N3O3. The molecule has 0 bridgehead atoms. The van der Waals surface area contributed by atoms with E-state index in [4.69, 9.17) is 27.9 Å². The summed E-state index contributed by atoms with van der Waals surface area (Å²) in [6.45, 7) is 3.61. The molecule has 0 saturated carbocycles. The van der Waals surface area contributed by atoms with Crippen LogP contribution in [0.2, 0.25) is 10.0 Å². The van der Waals surface area contributed by atoms with Crippen LogP contribution in [0, 0.1) is 5.92 Å². The van der Waals surface area contributed by atoms with E-state index >= 15 is 0 Å². The number of ether oxygens (including phenoxy) is 1. The molecule has 1 aliphatic heterocycles. The van der Waals surface area contributed by atoms with Gasteiger partial charge in [-0.3, -0.25) is 15.0 Å². The van der Waals surface area contributed by atoms with Gasteiger partial charge in [-0.1, -0.05) is 53.0 Å². The molecule has 0 saturated heterocycles. The molecule has 148 valence electrons. The zero-order valence-corrected chi connectivity index (χ0v) is 18.2. The van der Waals surface area contributed by atoms with Gasteiger partial charge >= 0.3 is 0 Å². The molecule has 1 unspecified atom stereocenters. The Labute approximate surface area is 181 Å². The molecule has 0 radical (unpaired) electrons. The molecule has 0 spiro atoms. The number of nitrogens with zero attached hydrogens (tertiary/aromatic N) is 1. The van der Waals surface area contributed by atoms with Crippen molar-refractivity contribution in [2.45, 2.75) is 20.0 Å². The van der Waals surface area contributed by atoms with Gasteiger partial charge in [0.05, 0.1) is 10.6 Å². The summed E-state index contributed by atoms with van der Waals surface area (Å²) in [6.07, 6.45) is -0.399. The van der Waals surface area contributed by atoms with Crippen molar-refractivity contribution < 1.29 is 14.3 Å². The van der Waals surface area contributed by atoms with E-state index in [1.807, 2.05) is 26.0 Å². The molecule has 1 aliphatic rings. The Morgan fingerprint density at radius 1 is 1.29 bits per heavy atom. The maximum Gasteiger partial charge on any atom is 0.276 e. The first-order valence-electron chi connectivity index (χ1n) is 8.53. The molecule has 2 amide bonds. The second kappa shape index (κ2) is 8.59. The summed E-state index contributed by atoms with van der Waals surface area (Å²) in [5.41, 5.74) is 3.82. The number of fused-ring (bicyclic) bond motifs is 1. The first-order valence-corrected chi connectivity index (χ1v) is 10.1. The molecule has 9 heteroatoms. The molecule has 6 nitrogen and oxygen atoms in total. The summed E-state index contributed by atoms with van der Waals surface area (Å²) in [4.78, 5) is 25.4. The van der Waals surface area contributed by atoms with Gasteiger partial charge in [0.15, 0.2) is 6.61 Å². The minimum atomic E-state index is -0.481. The molecule has 2 aromatic rings. The van der Waals surface area contributed by atoms with Crippen LogP contribution in [0.5, 0.6) is 5.75 Å². The lowest BCUT2D eigenvalue weighted by atomic mass is 10.0. The van der Waals surface area contributed by atoms with Crippen LogP contribution in [0.1, 0.15) is 24.2 Å². The molecule has 0 aromatic heterocycles. The Morgan fingerprint density at radius 3 is 2.71 bits per heavy atom. The number of rotatable bonds is 5. The lowest BCUT2D eigenvalue weighted by molar-refractivity contribution is -0.128. The van der Waals surface area contributed by atoms with E-state index in [2.05, 4.69) is 26.7 Å². The van der Waals surface area contributed by atoms with Crippen molar-refractivity contribution in [3.05, 3.63) is 56.5 Å². The van der Waals surface area contributed by atoms with Crippen molar-refractivity contribution >= 4 is 56.6 Å². The highest BCUT2D eigenvalue weighted by Crippen LogP contribution is 2.30. The number of carbonyl (C=O) groups excluding carboxylic acids is 2. The van der Waals surface area contributed by atoms with Crippen LogP contribution < -0.4 is 15.5 Å². The van der Waals surface area contributed by atoms with Gasteiger partial charge in [-0.2, -0.15) is 0 Å². The number of nitrogens with one attached hydrogen (secondary N) is 2. The van der Waals surface area contributed by atoms with Gasteiger partial charge in [0.25, 0.3) is 11.8 Å². The van der Waals surface area contributed by atoms with Crippen LogP contribution in [0.3, 0.4) is 0 Å². The maximum atomic E-state index is 13.0. The molecule has 0 aliphatic carbocycles. The predicted octanol–water partition coefficient (Wildman–Crippen LogP) is 4.72. The minimum Gasteiger partial charge on any atom is -0.482 e. The zero-order chi connectivity index (χ0) is 20.4. The van der Waals surface area contributed by atoms with E-state index in [0.717, 1.165) is 10.2 Å². The molecule has 3 rings (SSSR count). The molecule has 28 heavy (non-hydrogen) atoms. The van der Waals surface area contributed by atoms with Crippen molar-refractivity contribution in [3.63, 3.8) is 0 Å². The highest BCUT2D eigenvalue weighted by atomic mass is 79.9. The molecule has 1 heterocycles. The van der Waals surface area contributed by atoms with Crippen LogP contribution in [0.15, 0.2) is 40.9 Å². The first kappa shape index (κ1) is 20.8. The van der Waals surface area contributed by atoms with Gasteiger partial charge < -0.3 is 10.1 Å². The fourth-order valence-electron chi connectivity index (χ4n) is 2.79. The fourth-order valence-corrected chi connectivity index (χ4v) is 3.61. The van der Waals surface area contributed by atoms with Crippen LogP contribution in [-0.2, 0) is 4.79 Å². The number of carbonyl (C=O) groups is 2. The Morgan fingerprint density at radius 2 is 2.04 bits per heavy atom. The first-order chi connectivity index (χ1) is 13.3. The zero-order valence-electron chi connectivity index (χ0n) is 15.1. The van der Waals surface area contributed by atoms with Crippen molar-refractivity contribution in [2.75, 3.05) is 11.9 Å². The topological polar surface area (TPSA) is 70.7 Å². The van der Waals surface area contributed by atoms with Crippen LogP contribution in [0.4, 0.5) is 5.69 Å². The third-order valence-electron chi connectivity index (χ3n) is 4.14. The van der Waals surface area contributed by atoms with E-state index in [0.29, 0.717) is 21.4 Å². The van der Waals surface area contributed by atoms with Crippen LogP contribution >= 0.6 is 39.1 Å². The Bertz CT molecular complexity index is 923. The van der Waals surface area contributed by atoms with Gasteiger partial charge in [0.2, 0.25) is 0 Å². The fraction of sp³-hybridized carbons (Fsp3) is 0.263. The van der Waals surface area contributed by atoms with Gasteiger partial charge in [0.1, 0.15) is 11.9 Å². The highest BCUT2D eigenvalue weighted by molar-refractivity contribution is 9.10. The van der Waals surface area contributed by atoms with E-state index in [-0.39, 0.29) is 18.4 Å². The number of amides is 2. The summed E-state index contributed by atoms with van der Waals surface area (Å²) < 4.78 is 6.22. The molecule has 2 aromatic carbocycles. The predicted molar refractivity (Wildman–Crippen MR) is 113 cm³/mol. The number of hydrogen-bond acceptors (Lipinski definition) is 4. The van der Waals surface area contributed by atoms with E-state index < -0.39 is 12.1 Å². The van der Waals surface area contributed by atoms with Gasteiger partial charge in [-0.25, -0.2) is 5.01 Å². The summed E-state index contributed by atoms with van der Waals surface area (Å²) in [7, 11) is 0. The van der Waals surface area contributed by atoms with Gasteiger partial charge in [0, 0.05) is 15.2 Å². The van der Waals surface area contributed by atoms with Gasteiger partial charge in [-0.05, 0) is 42.3 Å². The lowest BCUT2D eigenvalue weighted by Gasteiger charge is -2.39. The summed E-state index contributed by atoms with van der Waals surface area (Å²) in [5, 5.41) is 5.36. The highest BCUT2D eigenvalue weighted by Gasteiger charge is 2.35. The Hall–Kier alpha value is -1.96. The average Bonchev–Trinajstić information content (AvgIpc) is 2.63. The monoisotopic (exact) mass is 485 g/mol. The summed E-state index contributed by atoms with van der Waals surface area (Å²) >= 11 is 15.3. The molecule has 1 atom stereocenters. The Balaban J connectivity index is 1.73.